The first-order valence-corrected chi connectivity index (χ1v) is 5.56. The zero-order valence-corrected chi connectivity index (χ0v) is 9.22. The normalized spacial score (nSPS) is 21.2. The van der Waals surface area contributed by atoms with Crippen LogP contribution >= 0.6 is 0 Å². The minimum Gasteiger partial charge on any atom is -0.366 e. The van der Waals surface area contributed by atoms with Gasteiger partial charge in [0.05, 0.1) is 5.56 Å². The molecule has 94 valence electrons. The predicted molar refractivity (Wildman–Crippen MR) is 58.8 cm³/mol. The Kier molecular flexibility index (Phi) is 3.51. The number of piperidine rings is 1. The SMILES string of the molecule is FC(F)(F)c1ccc(NC2CCCNC2)nc1. The van der Waals surface area contributed by atoms with Crippen LogP contribution in [0.3, 0.4) is 0 Å². The number of halogens is 3. The van der Waals surface area contributed by atoms with Crippen molar-refractivity contribution in [1.82, 2.24) is 10.3 Å². The van der Waals surface area contributed by atoms with E-state index < -0.39 is 11.7 Å². The fraction of sp³-hybridized carbons (Fsp3) is 0.545. The fourth-order valence-electron chi connectivity index (χ4n) is 1.83. The second-order valence-corrected chi connectivity index (χ2v) is 4.12. The molecule has 2 rings (SSSR count). The highest BCUT2D eigenvalue weighted by Gasteiger charge is 2.30. The minimum atomic E-state index is -4.32. The minimum absolute atomic E-state index is 0.244. The Morgan fingerprint density at radius 2 is 2.18 bits per heavy atom. The zero-order chi connectivity index (χ0) is 12.3. The molecule has 0 spiro atoms. The van der Waals surface area contributed by atoms with Crippen molar-refractivity contribution in [3.63, 3.8) is 0 Å². The van der Waals surface area contributed by atoms with Gasteiger partial charge in [-0.15, -0.1) is 0 Å². The van der Waals surface area contributed by atoms with Gasteiger partial charge in [0.25, 0.3) is 0 Å². The predicted octanol–water partition coefficient (Wildman–Crippen LogP) is 2.26. The first kappa shape index (κ1) is 12.2. The van der Waals surface area contributed by atoms with Crippen molar-refractivity contribution in [2.75, 3.05) is 18.4 Å². The molecule has 0 amide bonds. The van der Waals surface area contributed by atoms with Gasteiger partial charge in [0.1, 0.15) is 5.82 Å². The standard InChI is InChI=1S/C11H14F3N3/c12-11(13,14)8-3-4-10(16-6-8)17-9-2-1-5-15-7-9/h3-4,6,9,15H,1-2,5,7H2,(H,16,17). The highest BCUT2D eigenvalue weighted by atomic mass is 19.4. The summed E-state index contributed by atoms with van der Waals surface area (Å²) in [5.41, 5.74) is -0.718. The van der Waals surface area contributed by atoms with Crippen LogP contribution in [-0.4, -0.2) is 24.1 Å². The quantitative estimate of drug-likeness (QED) is 0.839. The first-order valence-electron chi connectivity index (χ1n) is 5.56. The van der Waals surface area contributed by atoms with Crippen molar-refractivity contribution >= 4 is 5.82 Å². The molecular formula is C11H14F3N3. The molecule has 2 heterocycles. The molecular weight excluding hydrogens is 231 g/mol. The summed E-state index contributed by atoms with van der Waals surface area (Å²) in [5, 5.41) is 6.34. The summed E-state index contributed by atoms with van der Waals surface area (Å²) in [7, 11) is 0. The van der Waals surface area contributed by atoms with Gasteiger partial charge in [0, 0.05) is 18.8 Å². The highest BCUT2D eigenvalue weighted by Crippen LogP contribution is 2.28. The van der Waals surface area contributed by atoms with E-state index in [0.717, 1.165) is 38.2 Å². The van der Waals surface area contributed by atoms with E-state index >= 15 is 0 Å². The Hall–Kier alpha value is -1.30. The van der Waals surface area contributed by atoms with Crippen LogP contribution in [0.5, 0.6) is 0 Å². The van der Waals surface area contributed by atoms with E-state index in [1.807, 2.05) is 0 Å². The number of pyridine rings is 1. The molecule has 3 nitrogen and oxygen atoms in total. The maximum atomic E-state index is 12.3. The van der Waals surface area contributed by atoms with Crippen LogP contribution in [0.1, 0.15) is 18.4 Å². The average molecular weight is 245 g/mol. The Morgan fingerprint density at radius 1 is 1.35 bits per heavy atom. The monoisotopic (exact) mass is 245 g/mol. The van der Waals surface area contributed by atoms with Crippen LogP contribution in [0, 0.1) is 0 Å². The molecule has 1 unspecified atom stereocenters. The number of alkyl halides is 3. The Balaban J connectivity index is 1.98. The first-order chi connectivity index (χ1) is 8.05. The maximum Gasteiger partial charge on any atom is 0.417 e. The fourth-order valence-corrected chi connectivity index (χ4v) is 1.83. The van der Waals surface area contributed by atoms with Crippen molar-refractivity contribution < 1.29 is 13.2 Å². The van der Waals surface area contributed by atoms with Gasteiger partial charge in [-0.05, 0) is 31.5 Å². The van der Waals surface area contributed by atoms with Gasteiger partial charge in [-0.2, -0.15) is 13.2 Å². The molecule has 2 N–H and O–H groups in total. The zero-order valence-electron chi connectivity index (χ0n) is 9.22. The molecule has 0 aliphatic carbocycles. The number of nitrogens with zero attached hydrogens (tertiary/aromatic N) is 1. The van der Waals surface area contributed by atoms with Crippen LogP contribution in [0.25, 0.3) is 0 Å². The Labute approximate surface area is 97.4 Å². The van der Waals surface area contributed by atoms with Crippen molar-refractivity contribution in [3.05, 3.63) is 23.9 Å². The van der Waals surface area contributed by atoms with Crippen LogP contribution in [-0.2, 0) is 6.18 Å². The van der Waals surface area contributed by atoms with Gasteiger partial charge >= 0.3 is 6.18 Å². The molecule has 0 bridgehead atoms. The number of rotatable bonds is 2. The molecule has 0 saturated carbocycles. The molecule has 1 aliphatic rings. The highest BCUT2D eigenvalue weighted by molar-refractivity contribution is 5.37. The van der Waals surface area contributed by atoms with Gasteiger partial charge in [-0.25, -0.2) is 4.98 Å². The van der Waals surface area contributed by atoms with Gasteiger partial charge in [0.2, 0.25) is 0 Å². The summed E-state index contributed by atoms with van der Waals surface area (Å²) < 4.78 is 36.9. The third kappa shape index (κ3) is 3.33. The van der Waals surface area contributed by atoms with Crippen molar-refractivity contribution in [2.45, 2.75) is 25.1 Å². The molecule has 1 atom stereocenters. The summed E-state index contributed by atoms with van der Waals surface area (Å²) in [6.07, 6.45) is -1.38. The Morgan fingerprint density at radius 3 is 2.71 bits per heavy atom. The summed E-state index contributed by atoms with van der Waals surface area (Å²) in [5.74, 6) is 0.492. The topological polar surface area (TPSA) is 37.0 Å². The van der Waals surface area contributed by atoms with Crippen molar-refractivity contribution in [1.29, 1.82) is 0 Å². The molecule has 1 aromatic rings. The van der Waals surface area contributed by atoms with Gasteiger partial charge in [-0.3, -0.25) is 0 Å². The smallest absolute Gasteiger partial charge is 0.366 e. The van der Waals surface area contributed by atoms with E-state index in [1.54, 1.807) is 0 Å². The van der Waals surface area contributed by atoms with E-state index in [1.165, 1.54) is 6.07 Å². The second kappa shape index (κ2) is 4.91. The van der Waals surface area contributed by atoms with Crippen LogP contribution in [0.2, 0.25) is 0 Å². The van der Waals surface area contributed by atoms with Gasteiger partial charge in [-0.1, -0.05) is 0 Å². The lowest BCUT2D eigenvalue weighted by Gasteiger charge is -2.24. The molecule has 1 aromatic heterocycles. The van der Waals surface area contributed by atoms with E-state index in [0.29, 0.717) is 5.82 Å². The number of anilines is 1. The van der Waals surface area contributed by atoms with Crippen LogP contribution in [0.15, 0.2) is 18.3 Å². The largest absolute Gasteiger partial charge is 0.417 e. The van der Waals surface area contributed by atoms with E-state index in [9.17, 15) is 13.2 Å². The molecule has 6 heteroatoms. The third-order valence-electron chi connectivity index (χ3n) is 2.74. The maximum absolute atomic E-state index is 12.3. The van der Waals surface area contributed by atoms with Gasteiger partial charge < -0.3 is 10.6 Å². The number of aromatic nitrogens is 1. The number of hydrogen-bond donors (Lipinski definition) is 2. The van der Waals surface area contributed by atoms with Crippen molar-refractivity contribution in [2.24, 2.45) is 0 Å². The van der Waals surface area contributed by atoms with E-state index in [2.05, 4.69) is 15.6 Å². The second-order valence-electron chi connectivity index (χ2n) is 4.12. The van der Waals surface area contributed by atoms with E-state index in [-0.39, 0.29) is 6.04 Å². The molecule has 0 aromatic carbocycles. The number of nitrogens with one attached hydrogen (secondary N) is 2. The Bertz CT molecular complexity index is 355. The average Bonchev–Trinajstić information content (AvgIpc) is 2.30. The van der Waals surface area contributed by atoms with Gasteiger partial charge in [0.15, 0.2) is 0 Å². The van der Waals surface area contributed by atoms with Crippen LogP contribution in [0.4, 0.5) is 19.0 Å². The summed E-state index contributed by atoms with van der Waals surface area (Å²) in [4.78, 5) is 3.78. The lowest BCUT2D eigenvalue weighted by molar-refractivity contribution is -0.137. The van der Waals surface area contributed by atoms with Crippen molar-refractivity contribution in [3.8, 4) is 0 Å². The lowest BCUT2D eigenvalue weighted by atomic mass is 10.1. The number of hydrogen-bond acceptors (Lipinski definition) is 3. The summed E-state index contributed by atoms with van der Waals surface area (Å²) in [6, 6.07) is 2.66. The van der Waals surface area contributed by atoms with Crippen LogP contribution < -0.4 is 10.6 Å². The summed E-state index contributed by atoms with van der Waals surface area (Å²) in [6.45, 7) is 1.82. The summed E-state index contributed by atoms with van der Waals surface area (Å²) >= 11 is 0. The third-order valence-corrected chi connectivity index (χ3v) is 2.74. The molecule has 1 saturated heterocycles. The molecule has 17 heavy (non-hydrogen) atoms. The molecule has 0 radical (unpaired) electrons. The molecule has 1 fully saturated rings. The van der Waals surface area contributed by atoms with E-state index in [4.69, 9.17) is 0 Å². The lowest BCUT2D eigenvalue weighted by Crippen LogP contribution is -2.38. The molecule has 1 aliphatic heterocycles.